The Morgan fingerprint density at radius 2 is 2.24 bits per heavy atom. The van der Waals surface area contributed by atoms with E-state index in [0.29, 0.717) is 12.4 Å². The molecule has 0 fully saturated rings. The number of aliphatic hydroxyl groups excluding tert-OH is 1. The first kappa shape index (κ1) is 13.5. The molecule has 4 heteroatoms. The van der Waals surface area contributed by atoms with Gasteiger partial charge in [-0.15, -0.1) is 0 Å². The van der Waals surface area contributed by atoms with E-state index in [-0.39, 0.29) is 19.2 Å². The first-order valence-corrected chi connectivity index (χ1v) is 5.74. The minimum Gasteiger partial charge on any atom is -0.482 e. The van der Waals surface area contributed by atoms with Crippen LogP contribution in [0.15, 0.2) is 24.3 Å². The van der Waals surface area contributed by atoms with Gasteiger partial charge in [-0.05, 0) is 37.5 Å². The number of rotatable bonds is 7. The van der Waals surface area contributed by atoms with Crippen molar-refractivity contribution < 1.29 is 19.4 Å². The van der Waals surface area contributed by atoms with E-state index in [0.717, 1.165) is 18.4 Å². The molecule has 0 aromatic heterocycles. The second kappa shape index (κ2) is 7.68. The molecule has 0 heterocycles. The van der Waals surface area contributed by atoms with Gasteiger partial charge in [0.2, 0.25) is 0 Å². The van der Waals surface area contributed by atoms with Crippen molar-refractivity contribution in [3.8, 4) is 5.75 Å². The number of carbonyl (C=O) groups excluding carboxylic acids is 1. The number of carbonyl (C=O) groups is 1. The molecule has 0 unspecified atom stereocenters. The molecule has 0 spiro atoms. The highest BCUT2D eigenvalue weighted by atomic mass is 16.6. The fourth-order valence-electron chi connectivity index (χ4n) is 1.42. The number of hydrogen-bond donors (Lipinski definition) is 1. The summed E-state index contributed by atoms with van der Waals surface area (Å²) in [6, 6.07) is 7.50. The van der Waals surface area contributed by atoms with Crippen molar-refractivity contribution in [2.24, 2.45) is 0 Å². The Hall–Kier alpha value is -1.55. The molecule has 0 bridgehead atoms. The minimum atomic E-state index is -0.367. The van der Waals surface area contributed by atoms with Crippen LogP contribution >= 0.6 is 0 Å². The van der Waals surface area contributed by atoms with Crippen molar-refractivity contribution in [2.75, 3.05) is 19.8 Å². The third-order valence-corrected chi connectivity index (χ3v) is 2.18. The fraction of sp³-hybridized carbons (Fsp3) is 0.462. The number of aryl methyl sites for hydroxylation is 1. The molecule has 1 aromatic rings. The molecule has 0 amide bonds. The largest absolute Gasteiger partial charge is 0.482 e. The number of hydrogen-bond acceptors (Lipinski definition) is 4. The summed E-state index contributed by atoms with van der Waals surface area (Å²) < 4.78 is 10.1. The van der Waals surface area contributed by atoms with E-state index >= 15 is 0 Å². The van der Waals surface area contributed by atoms with Gasteiger partial charge in [-0.25, -0.2) is 4.79 Å². The lowest BCUT2D eigenvalue weighted by atomic mass is 10.1. The summed E-state index contributed by atoms with van der Waals surface area (Å²) in [7, 11) is 0. The topological polar surface area (TPSA) is 55.8 Å². The van der Waals surface area contributed by atoms with Crippen molar-refractivity contribution in [3.05, 3.63) is 29.8 Å². The van der Waals surface area contributed by atoms with Gasteiger partial charge in [0.05, 0.1) is 6.61 Å². The van der Waals surface area contributed by atoms with Crippen LogP contribution in [0.2, 0.25) is 0 Å². The molecule has 1 N–H and O–H groups in total. The number of ether oxygens (including phenoxy) is 2. The molecule has 94 valence electrons. The molecule has 17 heavy (non-hydrogen) atoms. The monoisotopic (exact) mass is 238 g/mol. The van der Waals surface area contributed by atoms with Gasteiger partial charge in [0.25, 0.3) is 0 Å². The Bertz CT molecular complexity index is 349. The molecular weight excluding hydrogens is 220 g/mol. The lowest BCUT2D eigenvalue weighted by molar-refractivity contribution is -0.145. The average molecular weight is 238 g/mol. The van der Waals surface area contributed by atoms with Crippen LogP contribution in [0.5, 0.6) is 5.75 Å². The predicted octanol–water partition coefficient (Wildman–Crippen LogP) is 1.55. The third kappa shape index (κ3) is 5.36. The minimum absolute atomic E-state index is 0.0721. The van der Waals surface area contributed by atoms with E-state index < -0.39 is 0 Å². The van der Waals surface area contributed by atoms with Crippen LogP contribution < -0.4 is 4.74 Å². The Morgan fingerprint density at radius 3 is 2.94 bits per heavy atom. The average Bonchev–Trinajstić information content (AvgIpc) is 2.35. The van der Waals surface area contributed by atoms with E-state index in [1.165, 1.54) is 0 Å². The quantitative estimate of drug-likeness (QED) is 0.732. The molecular formula is C13H18O4. The number of esters is 1. The van der Waals surface area contributed by atoms with Crippen LogP contribution in [0.25, 0.3) is 0 Å². The molecule has 1 aromatic carbocycles. The van der Waals surface area contributed by atoms with Gasteiger partial charge in [-0.3, -0.25) is 0 Å². The first-order valence-electron chi connectivity index (χ1n) is 5.74. The number of benzene rings is 1. The Kier molecular flexibility index (Phi) is 6.10. The van der Waals surface area contributed by atoms with Crippen molar-refractivity contribution >= 4 is 5.97 Å². The maximum Gasteiger partial charge on any atom is 0.344 e. The molecule has 0 radical (unpaired) electrons. The van der Waals surface area contributed by atoms with Crippen LogP contribution in [0.4, 0.5) is 0 Å². The lowest BCUT2D eigenvalue weighted by Crippen LogP contribution is -2.14. The summed E-state index contributed by atoms with van der Waals surface area (Å²) in [5.74, 6) is 0.279. The predicted molar refractivity (Wildman–Crippen MR) is 64.0 cm³/mol. The molecule has 4 nitrogen and oxygen atoms in total. The number of aliphatic hydroxyl groups is 1. The van der Waals surface area contributed by atoms with Crippen LogP contribution in [-0.2, 0) is 16.0 Å². The summed E-state index contributed by atoms with van der Waals surface area (Å²) in [6.45, 7) is 2.22. The van der Waals surface area contributed by atoms with Crippen LogP contribution in [0, 0.1) is 0 Å². The SMILES string of the molecule is CCOC(=O)COc1cccc(CCCO)c1. The fourth-order valence-corrected chi connectivity index (χ4v) is 1.42. The van der Waals surface area contributed by atoms with Crippen molar-refractivity contribution in [1.29, 1.82) is 0 Å². The normalized spacial score (nSPS) is 10.0. The van der Waals surface area contributed by atoms with Crippen LogP contribution in [-0.4, -0.2) is 30.9 Å². The van der Waals surface area contributed by atoms with Gasteiger partial charge in [0, 0.05) is 6.61 Å². The van der Waals surface area contributed by atoms with Crippen molar-refractivity contribution in [1.82, 2.24) is 0 Å². The molecule has 0 saturated heterocycles. The maximum absolute atomic E-state index is 11.1. The highest BCUT2D eigenvalue weighted by Gasteiger charge is 2.03. The van der Waals surface area contributed by atoms with E-state index in [9.17, 15) is 4.79 Å². The van der Waals surface area contributed by atoms with Crippen LogP contribution in [0.3, 0.4) is 0 Å². The van der Waals surface area contributed by atoms with E-state index in [1.807, 2.05) is 18.2 Å². The van der Waals surface area contributed by atoms with Gasteiger partial charge in [0.1, 0.15) is 5.75 Å². The molecule has 0 aliphatic carbocycles. The van der Waals surface area contributed by atoms with E-state index in [2.05, 4.69) is 0 Å². The molecule has 0 atom stereocenters. The highest BCUT2D eigenvalue weighted by Crippen LogP contribution is 2.14. The second-order valence-corrected chi connectivity index (χ2v) is 3.57. The molecule has 0 saturated carbocycles. The smallest absolute Gasteiger partial charge is 0.344 e. The Morgan fingerprint density at radius 1 is 1.41 bits per heavy atom. The van der Waals surface area contributed by atoms with Gasteiger partial charge < -0.3 is 14.6 Å². The first-order chi connectivity index (χ1) is 8.26. The molecule has 0 aliphatic rings. The van der Waals surface area contributed by atoms with E-state index in [4.69, 9.17) is 14.6 Å². The maximum atomic E-state index is 11.1. The summed E-state index contributed by atoms with van der Waals surface area (Å²) in [5, 5.41) is 8.74. The Balaban J connectivity index is 2.45. The van der Waals surface area contributed by atoms with Gasteiger partial charge in [-0.2, -0.15) is 0 Å². The zero-order valence-electron chi connectivity index (χ0n) is 10.0. The lowest BCUT2D eigenvalue weighted by Gasteiger charge is -2.07. The summed E-state index contributed by atoms with van der Waals surface area (Å²) in [5.41, 5.74) is 1.08. The third-order valence-electron chi connectivity index (χ3n) is 2.18. The Labute approximate surface area is 101 Å². The summed E-state index contributed by atoms with van der Waals surface area (Å²) in [6.07, 6.45) is 1.52. The van der Waals surface area contributed by atoms with Gasteiger partial charge in [0.15, 0.2) is 6.61 Å². The molecule has 0 aliphatic heterocycles. The van der Waals surface area contributed by atoms with Crippen molar-refractivity contribution in [3.63, 3.8) is 0 Å². The summed E-state index contributed by atoms with van der Waals surface area (Å²) >= 11 is 0. The second-order valence-electron chi connectivity index (χ2n) is 3.57. The van der Waals surface area contributed by atoms with Crippen LogP contribution in [0.1, 0.15) is 18.9 Å². The zero-order valence-corrected chi connectivity index (χ0v) is 10.0. The highest BCUT2D eigenvalue weighted by molar-refractivity contribution is 5.71. The summed E-state index contributed by atoms with van der Waals surface area (Å²) in [4.78, 5) is 11.1. The van der Waals surface area contributed by atoms with Gasteiger partial charge in [-0.1, -0.05) is 12.1 Å². The van der Waals surface area contributed by atoms with Gasteiger partial charge >= 0.3 is 5.97 Å². The molecule has 1 rings (SSSR count). The van der Waals surface area contributed by atoms with Crippen molar-refractivity contribution in [2.45, 2.75) is 19.8 Å². The van der Waals surface area contributed by atoms with E-state index in [1.54, 1.807) is 13.0 Å². The zero-order chi connectivity index (χ0) is 12.5. The standard InChI is InChI=1S/C13H18O4/c1-2-16-13(15)10-17-12-7-3-5-11(9-12)6-4-8-14/h3,5,7,9,14H,2,4,6,8,10H2,1H3.